The van der Waals surface area contributed by atoms with Crippen LogP contribution in [0.3, 0.4) is 0 Å². The molecule has 0 radical (unpaired) electrons. The maximum Gasteiger partial charge on any atom is 0.291 e. The normalized spacial score (nSPS) is 10.7. The Hall–Kier alpha value is -3.80. The number of hydrogen-bond donors (Lipinski definition) is 1. The van der Waals surface area contributed by atoms with Crippen LogP contribution in [0, 0.1) is 5.82 Å². The lowest BCUT2D eigenvalue weighted by Crippen LogP contribution is -2.24. The van der Waals surface area contributed by atoms with Crippen molar-refractivity contribution < 1.29 is 9.18 Å². The fraction of sp³-hybridized carbons (Fsp3) is 0.125. The fourth-order valence-corrected chi connectivity index (χ4v) is 3.19. The molecule has 4 aromatic rings. The summed E-state index contributed by atoms with van der Waals surface area (Å²) in [6.07, 6.45) is 1.43. The van der Waals surface area contributed by atoms with Crippen molar-refractivity contribution in [2.45, 2.75) is 19.4 Å². The quantitative estimate of drug-likeness (QED) is 0.508. The molecule has 0 unspecified atom stereocenters. The minimum Gasteiger partial charge on any atom is -0.345 e. The molecular formula is C24H21FN4O. The van der Waals surface area contributed by atoms with Gasteiger partial charge in [0.25, 0.3) is 5.91 Å². The Morgan fingerprint density at radius 3 is 2.30 bits per heavy atom. The number of aryl methyl sites for hydroxylation is 2. The van der Waals surface area contributed by atoms with E-state index in [1.165, 1.54) is 17.7 Å². The average molecular weight is 400 g/mol. The highest BCUT2D eigenvalue weighted by atomic mass is 19.1. The number of nitrogens with zero attached hydrogens (tertiary/aromatic N) is 3. The molecule has 0 saturated heterocycles. The van der Waals surface area contributed by atoms with Crippen LogP contribution >= 0.6 is 0 Å². The van der Waals surface area contributed by atoms with Gasteiger partial charge in [0.15, 0.2) is 0 Å². The predicted octanol–water partition coefficient (Wildman–Crippen LogP) is 4.12. The fourth-order valence-electron chi connectivity index (χ4n) is 3.19. The third-order valence-electron chi connectivity index (χ3n) is 4.70. The number of carbonyl (C=O) groups is 1. The Labute approximate surface area is 174 Å². The summed E-state index contributed by atoms with van der Waals surface area (Å²) in [5.74, 6) is 0.0746. The molecule has 0 aliphatic carbocycles. The molecule has 4 rings (SSSR count). The number of benzene rings is 3. The third kappa shape index (κ3) is 4.78. The van der Waals surface area contributed by atoms with Crippen molar-refractivity contribution in [3.63, 3.8) is 0 Å². The number of rotatable bonds is 7. The molecule has 0 spiro atoms. The maximum absolute atomic E-state index is 13.3. The first-order chi connectivity index (χ1) is 14.7. The number of nitrogens with one attached hydrogen (secondary N) is 1. The van der Waals surface area contributed by atoms with Crippen LogP contribution in [0.5, 0.6) is 0 Å². The van der Waals surface area contributed by atoms with Crippen molar-refractivity contribution in [3.8, 4) is 5.69 Å². The van der Waals surface area contributed by atoms with Gasteiger partial charge in [-0.3, -0.25) is 4.79 Å². The smallest absolute Gasteiger partial charge is 0.291 e. The highest BCUT2D eigenvalue weighted by molar-refractivity contribution is 5.90. The van der Waals surface area contributed by atoms with Crippen LogP contribution in [0.15, 0.2) is 84.9 Å². The first-order valence-corrected chi connectivity index (χ1v) is 9.77. The Balaban J connectivity index is 1.54. The lowest BCUT2D eigenvalue weighted by atomic mass is 10.1. The largest absolute Gasteiger partial charge is 0.345 e. The third-order valence-corrected chi connectivity index (χ3v) is 4.70. The van der Waals surface area contributed by atoms with Gasteiger partial charge in [0.05, 0.1) is 5.69 Å². The van der Waals surface area contributed by atoms with Gasteiger partial charge in [0.2, 0.25) is 5.82 Å². The van der Waals surface area contributed by atoms with E-state index in [1.54, 1.807) is 16.8 Å². The summed E-state index contributed by atoms with van der Waals surface area (Å²) in [6, 6.07) is 25.9. The number of carbonyl (C=O) groups excluding carboxylic acids is 1. The van der Waals surface area contributed by atoms with Crippen LogP contribution in [0.1, 0.15) is 27.6 Å². The van der Waals surface area contributed by atoms with Gasteiger partial charge in [-0.2, -0.15) is 0 Å². The van der Waals surface area contributed by atoms with Gasteiger partial charge in [-0.1, -0.05) is 60.7 Å². The van der Waals surface area contributed by atoms with Crippen LogP contribution < -0.4 is 5.32 Å². The van der Waals surface area contributed by atoms with E-state index in [1.807, 2.05) is 48.5 Å². The highest BCUT2D eigenvalue weighted by Gasteiger charge is 2.17. The molecule has 0 saturated carbocycles. The van der Waals surface area contributed by atoms with Crippen molar-refractivity contribution >= 4 is 5.91 Å². The topological polar surface area (TPSA) is 59.8 Å². The Morgan fingerprint density at radius 1 is 0.867 bits per heavy atom. The molecule has 5 nitrogen and oxygen atoms in total. The minimum absolute atomic E-state index is 0.0957. The first-order valence-electron chi connectivity index (χ1n) is 9.77. The Bertz CT molecular complexity index is 1130. The van der Waals surface area contributed by atoms with E-state index in [2.05, 4.69) is 27.5 Å². The lowest BCUT2D eigenvalue weighted by molar-refractivity contribution is 0.0940. The number of hydrogen-bond acceptors (Lipinski definition) is 3. The average Bonchev–Trinajstić information content (AvgIpc) is 3.22. The van der Waals surface area contributed by atoms with Gasteiger partial charge in [-0.15, -0.1) is 5.10 Å². The van der Waals surface area contributed by atoms with Crippen molar-refractivity contribution in [1.29, 1.82) is 0 Å². The van der Waals surface area contributed by atoms with Gasteiger partial charge in [-0.05, 0) is 41.8 Å². The summed E-state index contributed by atoms with van der Waals surface area (Å²) in [7, 11) is 0. The SMILES string of the molecule is O=C(NCc1cccc(F)c1)c1nc(CCc2ccccc2)n(-c2ccccc2)n1. The number of aromatic nitrogens is 3. The zero-order valence-corrected chi connectivity index (χ0v) is 16.3. The zero-order valence-electron chi connectivity index (χ0n) is 16.3. The lowest BCUT2D eigenvalue weighted by Gasteiger charge is -2.05. The Morgan fingerprint density at radius 2 is 1.57 bits per heavy atom. The molecule has 1 amide bonds. The number of para-hydroxylation sites is 1. The van der Waals surface area contributed by atoms with Crippen LogP contribution in [-0.4, -0.2) is 20.7 Å². The molecule has 30 heavy (non-hydrogen) atoms. The number of halogens is 1. The molecule has 0 bridgehead atoms. The maximum atomic E-state index is 13.3. The second kappa shape index (κ2) is 9.13. The summed E-state index contributed by atoms with van der Waals surface area (Å²) >= 11 is 0. The highest BCUT2D eigenvalue weighted by Crippen LogP contribution is 2.13. The summed E-state index contributed by atoms with van der Waals surface area (Å²) in [5.41, 5.74) is 2.71. The van der Waals surface area contributed by atoms with Gasteiger partial charge >= 0.3 is 0 Å². The van der Waals surface area contributed by atoms with Gasteiger partial charge < -0.3 is 5.32 Å². The van der Waals surface area contributed by atoms with E-state index in [9.17, 15) is 9.18 Å². The van der Waals surface area contributed by atoms with E-state index >= 15 is 0 Å². The molecule has 1 aromatic heterocycles. The summed E-state index contributed by atoms with van der Waals surface area (Å²) < 4.78 is 15.1. The standard InChI is InChI=1S/C24H21FN4O/c25-20-11-7-10-19(16-20)17-26-24(30)23-27-22(15-14-18-8-3-1-4-9-18)29(28-23)21-12-5-2-6-13-21/h1-13,16H,14-15,17H2,(H,26,30). The summed E-state index contributed by atoms with van der Waals surface area (Å²) in [6.45, 7) is 0.204. The monoisotopic (exact) mass is 400 g/mol. The molecule has 0 atom stereocenters. The predicted molar refractivity (Wildman–Crippen MR) is 113 cm³/mol. The van der Waals surface area contributed by atoms with Crippen LogP contribution in [-0.2, 0) is 19.4 Å². The van der Waals surface area contributed by atoms with Crippen molar-refractivity contribution in [1.82, 2.24) is 20.1 Å². The molecule has 1 N–H and O–H groups in total. The molecule has 6 heteroatoms. The molecule has 0 aliphatic rings. The molecule has 0 aliphatic heterocycles. The van der Waals surface area contributed by atoms with Crippen molar-refractivity contribution in [3.05, 3.63) is 114 Å². The Kier molecular flexibility index (Phi) is 5.94. The van der Waals surface area contributed by atoms with Gasteiger partial charge in [0, 0.05) is 13.0 Å². The molecule has 1 heterocycles. The van der Waals surface area contributed by atoms with Crippen LogP contribution in [0.2, 0.25) is 0 Å². The summed E-state index contributed by atoms with van der Waals surface area (Å²) in [5, 5.41) is 7.21. The second-order valence-electron chi connectivity index (χ2n) is 6.90. The first kappa shape index (κ1) is 19.5. The van der Waals surface area contributed by atoms with Crippen LogP contribution in [0.4, 0.5) is 4.39 Å². The van der Waals surface area contributed by atoms with E-state index in [0.717, 1.165) is 12.1 Å². The van der Waals surface area contributed by atoms with Crippen molar-refractivity contribution in [2.75, 3.05) is 0 Å². The van der Waals surface area contributed by atoms with E-state index in [-0.39, 0.29) is 18.2 Å². The van der Waals surface area contributed by atoms with Gasteiger partial charge in [-0.25, -0.2) is 14.1 Å². The summed E-state index contributed by atoms with van der Waals surface area (Å²) in [4.78, 5) is 17.1. The molecular weight excluding hydrogens is 379 g/mol. The zero-order chi connectivity index (χ0) is 20.8. The molecule has 150 valence electrons. The van der Waals surface area contributed by atoms with Crippen LogP contribution in [0.25, 0.3) is 5.69 Å². The van der Waals surface area contributed by atoms with E-state index in [0.29, 0.717) is 17.8 Å². The van der Waals surface area contributed by atoms with E-state index < -0.39 is 5.91 Å². The molecule has 3 aromatic carbocycles. The van der Waals surface area contributed by atoms with Crippen molar-refractivity contribution in [2.24, 2.45) is 0 Å². The second-order valence-corrected chi connectivity index (χ2v) is 6.90. The van der Waals surface area contributed by atoms with Gasteiger partial charge in [0.1, 0.15) is 11.6 Å². The minimum atomic E-state index is -0.394. The molecule has 0 fully saturated rings. The van der Waals surface area contributed by atoms with E-state index in [4.69, 9.17) is 0 Å². The number of amides is 1.